The van der Waals surface area contributed by atoms with E-state index in [1.54, 1.807) is 0 Å². The summed E-state index contributed by atoms with van der Waals surface area (Å²) in [6.07, 6.45) is 0. The van der Waals surface area contributed by atoms with Crippen molar-refractivity contribution in [1.82, 2.24) is 5.32 Å². The number of ether oxygens (including phenoxy) is 1. The van der Waals surface area contributed by atoms with E-state index in [-0.39, 0.29) is 18.3 Å². The Balaban J connectivity index is 0.00000225. The van der Waals surface area contributed by atoms with Crippen molar-refractivity contribution in [3.63, 3.8) is 0 Å². The average Bonchev–Trinajstić information content (AvgIpc) is 2.79. The van der Waals surface area contributed by atoms with Gasteiger partial charge in [-0.2, -0.15) is 0 Å². The molecule has 0 saturated heterocycles. The topological polar surface area (TPSA) is 53.6 Å². The summed E-state index contributed by atoms with van der Waals surface area (Å²) in [5.74, 6) is 0.791. The number of para-hydroxylation sites is 1. The van der Waals surface area contributed by atoms with Gasteiger partial charge < -0.3 is 20.3 Å². The minimum absolute atomic E-state index is 0. The molecule has 1 amide bonds. The van der Waals surface area contributed by atoms with Crippen LogP contribution in [0.1, 0.15) is 12.5 Å². The summed E-state index contributed by atoms with van der Waals surface area (Å²) in [6, 6.07) is 15.7. The molecule has 0 bridgehead atoms. The molecule has 3 rings (SSSR count). The predicted molar refractivity (Wildman–Crippen MR) is 104 cm³/mol. The van der Waals surface area contributed by atoms with Crippen molar-refractivity contribution in [2.45, 2.75) is 13.5 Å². The lowest BCUT2D eigenvalue weighted by Crippen LogP contribution is -2.36. The van der Waals surface area contributed by atoms with Crippen LogP contribution in [0.15, 0.2) is 48.5 Å². The van der Waals surface area contributed by atoms with E-state index in [1.165, 1.54) is 5.56 Å². The summed E-state index contributed by atoms with van der Waals surface area (Å²) >= 11 is 0. The molecule has 0 saturated carbocycles. The van der Waals surface area contributed by atoms with Gasteiger partial charge in [-0.25, -0.2) is 0 Å². The lowest BCUT2D eigenvalue weighted by Gasteiger charge is -2.23. The summed E-state index contributed by atoms with van der Waals surface area (Å²) < 4.78 is 5.41. The Morgan fingerprint density at radius 1 is 1.20 bits per heavy atom. The summed E-state index contributed by atoms with van der Waals surface area (Å²) in [6.45, 7) is 5.44. The van der Waals surface area contributed by atoms with Gasteiger partial charge in [0.25, 0.3) is 0 Å². The number of rotatable bonds is 5. The van der Waals surface area contributed by atoms with Gasteiger partial charge in [0, 0.05) is 31.0 Å². The molecule has 0 spiro atoms. The Hall–Kier alpha value is -2.24. The average molecular weight is 362 g/mol. The molecular formula is C19H24ClN3O2. The van der Waals surface area contributed by atoms with Crippen LogP contribution in [0.25, 0.3) is 0 Å². The molecule has 0 radical (unpaired) electrons. The number of nitrogens with zero attached hydrogens (tertiary/aromatic N) is 1. The highest BCUT2D eigenvalue weighted by Gasteiger charge is 2.17. The van der Waals surface area contributed by atoms with Gasteiger partial charge in [0.05, 0.1) is 13.2 Å². The maximum absolute atomic E-state index is 12.4. The van der Waals surface area contributed by atoms with Crippen molar-refractivity contribution in [2.75, 3.05) is 36.5 Å². The van der Waals surface area contributed by atoms with Crippen LogP contribution in [-0.2, 0) is 11.3 Å². The number of fused-ring (bicyclic) bond motifs is 1. The zero-order valence-corrected chi connectivity index (χ0v) is 15.1. The fourth-order valence-electron chi connectivity index (χ4n) is 2.87. The van der Waals surface area contributed by atoms with E-state index in [9.17, 15) is 4.79 Å². The van der Waals surface area contributed by atoms with Crippen molar-refractivity contribution < 1.29 is 9.53 Å². The molecule has 0 fully saturated rings. The summed E-state index contributed by atoms with van der Waals surface area (Å²) in [7, 11) is 0. The number of amides is 1. The number of carbonyl (C=O) groups is 1. The lowest BCUT2D eigenvalue weighted by molar-refractivity contribution is -0.115. The van der Waals surface area contributed by atoms with E-state index < -0.39 is 0 Å². The van der Waals surface area contributed by atoms with Crippen molar-refractivity contribution in [1.29, 1.82) is 0 Å². The lowest BCUT2D eigenvalue weighted by atomic mass is 10.1. The molecule has 25 heavy (non-hydrogen) atoms. The third-order valence-electron chi connectivity index (χ3n) is 3.99. The van der Waals surface area contributed by atoms with E-state index in [2.05, 4.69) is 27.7 Å². The third-order valence-corrected chi connectivity index (χ3v) is 3.99. The highest BCUT2D eigenvalue weighted by molar-refractivity contribution is 5.94. The van der Waals surface area contributed by atoms with Crippen LogP contribution in [0, 0.1) is 0 Å². The fourth-order valence-corrected chi connectivity index (χ4v) is 2.87. The second-order valence-electron chi connectivity index (χ2n) is 5.73. The standard InChI is InChI=1S/C19H23N3O2.ClH/c1-2-24-17-9-7-16(8-10-17)21-19(23)14-22-12-11-20-13-15-5-3-4-6-18(15)22;/h3-10,20H,2,11-14H2,1H3,(H,21,23);1H. The number of carbonyl (C=O) groups excluding carboxylic acids is 1. The number of nitrogens with one attached hydrogen (secondary N) is 2. The molecular weight excluding hydrogens is 338 g/mol. The van der Waals surface area contributed by atoms with Crippen molar-refractivity contribution in [3.05, 3.63) is 54.1 Å². The predicted octanol–water partition coefficient (Wildman–Crippen LogP) is 3.06. The molecule has 1 aliphatic heterocycles. The molecule has 0 atom stereocenters. The van der Waals surface area contributed by atoms with E-state index in [4.69, 9.17) is 4.74 Å². The molecule has 6 heteroatoms. The maximum Gasteiger partial charge on any atom is 0.243 e. The van der Waals surface area contributed by atoms with Crippen LogP contribution in [-0.4, -0.2) is 32.1 Å². The minimum atomic E-state index is -0.0177. The van der Waals surface area contributed by atoms with Crippen LogP contribution in [0.4, 0.5) is 11.4 Å². The van der Waals surface area contributed by atoms with Gasteiger partial charge in [0.2, 0.25) is 5.91 Å². The number of benzene rings is 2. The van der Waals surface area contributed by atoms with E-state index in [1.807, 2.05) is 43.3 Å². The van der Waals surface area contributed by atoms with Gasteiger partial charge in [-0.1, -0.05) is 18.2 Å². The normalized spacial score (nSPS) is 13.2. The SMILES string of the molecule is CCOc1ccc(NC(=O)CN2CCNCc3ccccc32)cc1.Cl. The molecule has 1 heterocycles. The first-order chi connectivity index (χ1) is 11.8. The van der Waals surface area contributed by atoms with Crippen molar-refractivity contribution in [3.8, 4) is 5.75 Å². The molecule has 2 N–H and O–H groups in total. The molecule has 0 aliphatic carbocycles. The largest absolute Gasteiger partial charge is 0.494 e. The van der Waals surface area contributed by atoms with Gasteiger partial charge in [-0.15, -0.1) is 12.4 Å². The monoisotopic (exact) mass is 361 g/mol. The molecule has 2 aromatic carbocycles. The third kappa shape index (κ3) is 5.11. The Labute approximate surface area is 154 Å². The minimum Gasteiger partial charge on any atom is -0.494 e. The van der Waals surface area contributed by atoms with E-state index in [0.717, 1.165) is 36.8 Å². The Morgan fingerprint density at radius 2 is 1.96 bits per heavy atom. The van der Waals surface area contributed by atoms with Gasteiger partial charge in [-0.3, -0.25) is 4.79 Å². The summed E-state index contributed by atoms with van der Waals surface area (Å²) in [5, 5.41) is 6.34. The molecule has 0 unspecified atom stereocenters. The van der Waals surface area contributed by atoms with Crippen LogP contribution in [0.2, 0.25) is 0 Å². The molecule has 134 valence electrons. The number of halogens is 1. The van der Waals surface area contributed by atoms with Gasteiger partial charge in [-0.05, 0) is 42.8 Å². The highest BCUT2D eigenvalue weighted by Crippen LogP contribution is 2.22. The van der Waals surface area contributed by atoms with Gasteiger partial charge >= 0.3 is 0 Å². The van der Waals surface area contributed by atoms with E-state index >= 15 is 0 Å². The van der Waals surface area contributed by atoms with Crippen molar-refractivity contribution >= 4 is 29.7 Å². The second-order valence-corrected chi connectivity index (χ2v) is 5.73. The van der Waals surface area contributed by atoms with Crippen LogP contribution >= 0.6 is 12.4 Å². The molecule has 1 aliphatic rings. The first-order valence-corrected chi connectivity index (χ1v) is 8.32. The second kappa shape index (κ2) is 9.30. The summed E-state index contributed by atoms with van der Waals surface area (Å²) in [5.41, 5.74) is 3.14. The first kappa shape index (κ1) is 19.1. The first-order valence-electron chi connectivity index (χ1n) is 8.32. The van der Waals surface area contributed by atoms with E-state index in [0.29, 0.717) is 13.2 Å². The van der Waals surface area contributed by atoms with Crippen molar-refractivity contribution in [2.24, 2.45) is 0 Å². The van der Waals surface area contributed by atoms with Gasteiger partial charge in [0.1, 0.15) is 5.75 Å². The fraction of sp³-hybridized carbons (Fsp3) is 0.316. The molecule has 0 aromatic heterocycles. The Morgan fingerprint density at radius 3 is 2.72 bits per heavy atom. The van der Waals surface area contributed by atoms with Gasteiger partial charge in [0.15, 0.2) is 0 Å². The zero-order valence-electron chi connectivity index (χ0n) is 14.3. The number of anilines is 2. The molecule has 2 aromatic rings. The number of hydrogen-bond acceptors (Lipinski definition) is 4. The van der Waals surface area contributed by atoms with Crippen LogP contribution < -0.4 is 20.3 Å². The zero-order chi connectivity index (χ0) is 16.8. The molecule has 5 nitrogen and oxygen atoms in total. The maximum atomic E-state index is 12.4. The Kier molecular flexibility index (Phi) is 7.10. The number of hydrogen-bond donors (Lipinski definition) is 2. The van der Waals surface area contributed by atoms with Crippen LogP contribution in [0.3, 0.4) is 0 Å². The summed E-state index contributed by atoms with van der Waals surface area (Å²) in [4.78, 5) is 14.5. The highest BCUT2D eigenvalue weighted by atomic mass is 35.5. The van der Waals surface area contributed by atoms with Crippen LogP contribution in [0.5, 0.6) is 5.75 Å². The smallest absolute Gasteiger partial charge is 0.243 e. The quantitative estimate of drug-likeness (QED) is 0.859. The Bertz CT molecular complexity index is 691.